The Bertz CT molecular complexity index is 937. The van der Waals surface area contributed by atoms with Crippen LogP contribution < -0.4 is 15.8 Å². The van der Waals surface area contributed by atoms with Gasteiger partial charge in [0.05, 0.1) is 17.8 Å². The minimum Gasteiger partial charge on any atom is -0.485 e. The van der Waals surface area contributed by atoms with Crippen molar-refractivity contribution in [3.05, 3.63) is 35.3 Å². The Balaban J connectivity index is 1.65. The molecule has 0 aliphatic carbocycles. The summed E-state index contributed by atoms with van der Waals surface area (Å²) in [6.07, 6.45) is -0.254. The van der Waals surface area contributed by atoms with E-state index >= 15 is 0 Å². The number of amides is 2. The van der Waals surface area contributed by atoms with E-state index in [9.17, 15) is 14.0 Å². The monoisotopic (exact) mass is 436 g/mol. The normalized spacial score (nSPS) is 16.4. The third kappa shape index (κ3) is 5.18. The number of carbonyl (C=O) groups excluding carboxylic acids is 2. The number of halogens is 1. The highest BCUT2D eigenvalue weighted by atomic mass is 32.1. The molecule has 162 valence electrons. The number of nitrogens with zero attached hydrogens (tertiary/aromatic N) is 2. The van der Waals surface area contributed by atoms with Crippen LogP contribution >= 0.6 is 11.5 Å². The lowest BCUT2D eigenvalue weighted by Crippen LogP contribution is -2.36. The smallest absolute Gasteiger partial charge is 0.410 e. The lowest BCUT2D eigenvalue weighted by molar-refractivity contribution is 0.0275. The van der Waals surface area contributed by atoms with Crippen LogP contribution in [0.25, 0.3) is 0 Å². The van der Waals surface area contributed by atoms with Gasteiger partial charge < -0.3 is 25.4 Å². The average Bonchev–Trinajstić information content (AvgIpc) is 3.23. The predicted molar refractivity (Wildman–Crippen MR) is 112 cm³/mol. The molecule has 10 heteroatoms. The number of hydrogen-bond acceptors (Lipinski definition) is 7. The Morgan fingerprint density at radius 3 is 2.73 bits per heavy atom. The van der Waals surface area contributed by atoms with Crippen LogP contribution in [-0.4, -0.2) is 46.1 Å². The quantitative estimate of drug-likeness (QED) is 0.755. The first-order valence-electron chi connectivity index (χ1n) is 9.50. The van der Waals surface area contributed by atoms with Crippen LogP contribution in [0.3, 0.4) is 0 Å². The maximum absolute atomic E-state index is 14.3. The number of carbonyl (C=O) groups is 2. The molecule has 3 N–H and O–H groups in total. The summed E-state index contributed by atoms with van der Waals surface area (Å²) in [7, 11) is 0. The van der Waals surface area contributed by atoms with Gasteiger partial charge in [0.25, 0.3) is 5.91 Å². The molecule has 1 fully saturated rings. The number of benzene rings is 1. The standard InChI is InChI=1S/C20H25FN4O4S/c1-11-16(17(22)30-24-11)18(26)23-12-5-6-14(21)15(9-12)28-13-7-8-25(10-13)19(27)29-20(2,3)4/h5-6,9,13H,7-8,10,22H2,1-4H3,(H,23,26). The van der Waals surface area contributed by atoms with Gasteiger partial charge in [-0.2, -0.15) is 4.37 Å². The zero-order chi connectivity index (χ0) is 22.1. The van der Waals surface area contributed by atoms with Gasteiger partial charge in [0.1, 0.15) is 16.7 Å². The van der Waals surface area contributed by atoms with Gasteiger partial charge >= 0.3 is 6.09 Å². The Morgan fingerprint density at radius 2 is 2.10 bits per heavy atom. The van der Waals surface area contributed by atoms with E-state index in [-0.39, 0.29) is 11.9 Å². The molecule has 2 aromatic rings. The molecule has 3 rings (SSSR count). The van der Waals surface area contributed by atoms with E-state index in [1.165, 1.54) is 23.1 Å². The second kappa shape index (κ2) is 8.47. The highest BCUT2D eigenvalue weighted by Crippen LogP contribution is 2.27. The molecular weight excluding hydrogens is 411 g/mol. The summed E-state index contributed by atoms with van der Waals surface area (Å²) in [5.41, 5.74) is 6.41. The molecule has 1 aromatic heterocycles. The van der Waals surface area contributed by atoms with Gasteiger partial charge in [-0.05, 0) is 51.4 Å². The summed E-state index contributed by atoms with van der Waals surface area (Å²) in [5, 5.41) is 3.00. The average molecular weight is 437 g/mol. The Hall–Kier alpha value is -2.88. The van der Waals surface area contributed by atoms with Gasteiger partial charge in [0, 0.05) is 24.7 Å². The van der Waals surface area contributed by atoms with E-state index in [1.54, 1.807) is 27.7 Å². The van der Waals surface area contributed by atoms with Gasteiger partial charge in [0.2, 0.25) is 0 Å². The number of aryl methyl sites for hydroxylation is 1. The fourth-order valence-corrected chi connectivity index (χ4v) is 3.68. The number of hydrogen-bond donors (Lipinski definition) is 2. The Morgan fingerprint density at radius 1 is 1.37 bits per heavy atom. The fourth-order valence-electron chi connectivity index (χ4n) is 3.02. The van der Waals surface area contributed by atoms with Crippen molar-refractivity contribution in [1.82, 2.24) is 9.27 Å². The molecule has 1 atom stereocenters. The third-order valence-corrected chi connectivity index (χ3v) is 5.16. The van der Waals surface area contributed by atoms with Crippen LogP contribution in [0, 0.1) is 12.7 Å². The number of aromatic nitrogens is 1. The molecule has 0 saturated carbocycles. The summed E-state index contributed by atoms with van der Waals surface area (Å²) in [4.78, 5) is 26.2. The second-order valence-corrected chi connectivity index (χ2v) is 8.87. The molecule has 0 bridgehead atoms. The van der Waals surface area contributed by atoms with Crippen molar-refractivity contribution >= 4 is 34.2 Å². The van der Waals surface area contributed by atoms with Crippen LogP contribution in [0.4, 0.5) is 19.9 Å². The zero-order valence-electron chi connectivity index (χ0n) is 17.3. The molecule has 0 radical (unpaired) electrons. The fraction of sp³-hybridized carbons (Fsp3) is 0.450. The van der Waals surface area contributed by atoms with E-state index in [0.717, 1.165) is 11.5 Å². The SMILES string of the molecule is Cc1nsc(N)c1C(=O)Nc1ccc(F)c(OC2CCN(C(=O)OC(C)(C)C)C2)c1. The molecule has 1 aromatic carbocycles. The van der Waals surface area contributed by atoms with Crippen molar-refractivity contribution in [3.63, 3.8) is 0 Å². The minimum atomic E-state index is -0.589. The molecule has 1 aliphatic rings. The van der Waals surface area contributed by atoms with Gasteiger partial charge in [-0.3, -0.25) is 4.79 Å². The first-order valence-corrected chi connectivity index (χ1v) is 10.3. The molecule has 30 heavy (non-hydrogen) atoms. The van der Waals surface area contributed by atoms with Crippen LogP contribution in [0.5, 0.6) is 5.75 Å². The van der Waals surface area contributed by atoms with E-state index in [0.29, 0.717) is 41.5 Å². The zero-order valence-corrected chi connectivity index (χ0v) is 18.1. The number of rotatable bonds is 4. The van der Waals surface area contributed by atoms with E-state index in [4.69, 9.17) is 15.2 Å². The summed E-state index contributed by atoms with van der Waals surface area (Å²) in [6, 6.07) is 4.06. The lowest BCUT2D eigenvalue weighted by atomic mass is 10.2. The van der Waals surface area contributed by atoms with Crippen LogP contribution in [0.15, 0.2) is 18.2 Å². The Labute approximate surface area is 178 Å². The van der Waals surface area contributed by atoms with Gasteiger partial charge in [0.15, 0.2) is 11.6 Å². The van der Waals surface area contributed by atoms with Crippen molar-refractivity contribution in [2.45, 2.75) is 45.8 Å². The van der Waals surface area contributed by atoms with Crippen LogP contribution in [-0.2, 0) is 4.74 Å². The first-order chi connectivity index (χ1) is 14.0. The summed E-state index contributed by atoms with van der Waals surface area (Å²) >= 11 is 1.04. The number of nitrogen functional groups attached to an aromatic ring is 1. The number of ether oxygens (including phenoxy) is 2. The molecule has 1 aliphatic heterocycles. The molecule has 8 nitrogen and oxygen atoms in total. The maximum atomic E-state index is 14.3. The number of nitrogens with one attached hydrogen (secondary N) is 1. The van der Waals surface area contributed by atoms with E-state index in [2.05, 4.69) is 9.69 Å². The summed E-state index contributed by atoms with van der Waals surface area (Å²) in [6.45, 7) is 7.84. The van der Waals surface area contributed by atoms with Crippen LogP contribution in [0.1, 0.15) is 43.2 Å². The van der Waals surface area contributed by atoms with Crippen molar-refractivity contribution < 1.29 is 23.5 Å². The van der Waals surface area contributed by atoms with Crippen molar-refractivity contribution in [2.24, 2.45) is 0 Å². The molecule has 0 spiro atoms. The highest BCUT2D eigenvalue weighted by Gasteiger charge is 2.31. The van der Waals surface area contributed by atoms with Gasteiger partial charge in [-0.1, -0.05) is 0 Å². The molecular formula is C20H25FN4O4S. The Kier molecular flexibility index (Phi) is 6.16. The second-order valence-electron chi connectivity index (χ2n) is 8.06. The molecule has 2 heterocycles. The number of anilines is 2. The largest absolute Gasteiger partial charge is 0.485 e. The molecule has 1 saturated heterocycles. The number of likely N-dealkylation sites (tertiary alicyclic amines) is 1. The summed E-state index contributed by atoms with van der Waals surface area (Å²) < 4.78 is 29.4. The first kappa shape index (κ1) is 21.8. The number of nitrogens with two attached hydrogens (primary N) is 1. The maximum Gasteiger partial charge on any atom is 0.410 e. The predicted octanol–water partition coefficient (Wildman–Crippen LogP) is 3.81. The highest BCUT2D eigenvalue weighted by molar-refractivity contribution is 7.10. The van der Waals surface area contributed by atoms with Gasteiger partial charge in [-0.15, -0.1) is 0 Å². The van der Waals surface area contributed by atoms with Crippen LogP contribution in [0.2, 0.25) is 0 Å². The van der Waals surface area contributed by atoms with Crippen molar-refractivity contribution in [1.29, 1.82) is 0 Å². The van der Waals surface area contributed by atoms with E-state index in [1.807, 2.05) is 0 Å². The minimum absolute atomic E-state index is 0.00280. The van der Waals surface area contributed by atoms with Gasteiger partial charge in [-0.25, -0.2) is 9.18 Å². The lowest BCUT2D eigenvalue weighted by Gasteiger charge is -2.24. The van der Waals surface area contributed by atoms with Crippen molar-refractivity contribution in [3.8, 4) is 5.75 Å². The topological polar surface area (TPSA) is 107 Å². The van der Waals surface area contributed by atoms with Crippen molar-refractivity contribution in [2.75, 3.05) is 24.1 Å². The van der Waals surface area contributed by atoms with E-state index < -0.39 is 23.4 Å². The third-order valence-electron chi connectivity index (χ3n) is 4.40. The molecule has 2 amide bonds. The summed E-state index contributed by atoms with van der Waals surface area (Å²) in [5.74, 6) is -0.984. The molecule has 1 unspecified atom stereocenters.